The highest BCUT2D eigenvalue weighted by Crippen LogP contribution is 2.39. The van der Waals surface area contributed by atoms with E-state index in [1.54, 1.807) is 18.3 Å². The topological polar surface area (TPSA) is 65.5 Å². The van der Waals surface area contributed by atoms with Crippen LogP contribution in [0.2, 0.25) is 5.02 Å². The first-order valence-corrected chi connectivity index (χ1v) is 10.6. The number of aromatic hydroxyl groups is 1. The third-order valence-corrected chi connectivity index (χ3v) is 5.95. The molecule has 2 N–H and O–H groups in total. The second kappa shape index (κ2) is 10.1. The van der Waals surface area contributed by atoms with Gasteiger partial charge >= 0.3 is 0 Å². The van der Waals surface area contributed by atoms with Crippen molar-refractivity contribution in [3.8, 4) is 5.75 Å². The van der Waals surface area contributed by atoms with E-state index in [9.17, 15) is 9.90 Å². The van der Waals surface area contributed by atoms with Crippen molar-refractivity contribution in [1.29, 1.82) is 0 Å². The summed E-state index contributed by atoms with van der Waals surface area (Å²) in [4.78, 5) is 19.0. The summed E-state index contributed by atoms with van der Waals surface area (Å²) in [6.45, 7) is 0.563. The summed E-state index contributed by atoms with van der Waals surface area (Å²) in [6.07, 6.45) is 8.50. The lowest BCUT2D eigenvalue weighted by atomic mass is 9.91. The molecule has 0 unspecified atom stereocenters. The van der Waals surface area contributed by atoms with Gasteiger partial charge in [-0.05, 0) is 68.1 Å². The van der Waals surface area contributed by atoms with Gasteiger partial charge < -0.3 is 15.3 Å². The average Bonchev–Trinajstić information content (AvgIpc) is 3.52. The van der Waals surface area contributed by atoms with Gasteiger partial charge in [-0.15, -0.1) is 0 Å². The molecule has 0 radical (unpaired) electrons. The Labute approximate surface area is 178 Å². The molecule has 0 aliphatic heterocycles. The molecule has 2 atom stereocenters. The number of halogens is 1. The van der Waals surface area contributed by atoms with Gasteiger partial charge in [-0.2, -0.15) is 0 Å². The molecule has 1 aliphatic carbocycles. The average molecular weight is 416 g/mol. The fraction of sp³-hybridized carbons (Fsp3) is 0.478. The van der Waals surface area contributed by atoms with Crippen LogP contribution < -0.4 is 5.32 Å². The van der Waals surface area contributed by atoms with Gasteiger partial charge in [0.25, 0.3) is 0 Å². The summed E-state index contributed by atoms with van der Waals surface area (Å²) >= 11 is 6.03. The molecule has 0 spiro atoms. The minimum Gasteiger partial charge on any atom is -0.506 e. The highest BCUT2D eigenvalue weighted by molar-refractivity contribution is 6.32. The van der Waals surface area contributed by atoms with E-state index < -0.39 is 0 Å². The van der Waals surface area contributed by atoms with Crippen LogP contribution in [0.25, 0.3) is 0 Å². The van der Waals surface area contributed by atoms with Gasteiger partial charge in [-0.1, -0.05) is 36.6 Å². The van der Waals surface area contributed by atoms with Gasteiger partial charge in [-0.3, -0.25) is 9.78 Å². The summed E-state index contributed by atoms with van der Waals surface area (Å²) in [5.74, 6) is 1.14. The fourth-order valence-corrected chi connectivity index (χ4v) is 3.83. The number of carbonyl (C=O) groups excluding carboxylic acids is 1. The van der Waals surface area contributed by atoms with E-state index in [-0.39, 0.29) is 23.6 Å². The van der Waals surface area contributed by atoms with Crippen molar-refractivity contribution in [3.63, 3.8) is 0 Å². The number of aromatic nitrogens is 1. The highest BCUT2D eigenvalue weighted by atomic mass is 35.5. The molecule has 0 saturated heterocycles. The lowest BCUT2D eigenvalue weighted by Crippen LogP contribution is -2.41. The minimum absolute atomic E-state index is 0.0788. The molecular formula is C23H30ClN3O2. The Kier molecular flexibility index (Phi) is 7.51. The number of benzene rings is 1. The summed E-state index contributed by atoms with van der Waals surface area (Å²) in [5, 5.41) is 13.1. The lowest BCUT2D eigenvalue weighted by Gasteiger charge is -2.25. The number of pyridine rings is 1. The first kappa shape index (κ1) is 21.6. The standard InChI is InChI=1S/C23H30ClN3O2/c1-27(2)20(11-17-7-8-22(28)21(24)12-17)15-26-23(29)13-19(10-16-5-6-16)18-4-3-9-25-14-18/h3-4,7-9,12,14,16,19-20,28H,5-6,10-11,13,15H2,1-2H3,(H,26,29)/t19-,20+/m1/s1. The Morgan fingerprint density at radius 2 is 2.14 bits per heavy atom. The van der Waals surface area contributed by atoms with Crippen LogP contribution in [-0.2, 0) is 11.2 Å². The van der Waals surface area contributed by atoms with Crippen molar-refractivity contribution in [3.05, 3.63) is 58.9 Å². The Balaban J connectivity index is 1.56. The largest absolute Gasteiger partial charge is 0.506 e. The molecule has 3 rings (SSSR count). The number of hydrogen-bond donors (Lipinski definition) is 2. The maximum absolute atomic E-state index is 12.7. The third-order valence-electron chi connectivity index (χ3n) is 5.65. The second-order valence-corrected chi connectivity index (χ2v) is 8.69. The number of amides is 1. The summed E-state index contributed by atoms with van der Waals surface area (Å²) in [5.41, 5.74) is 2.18. The molecule has 0 bridgehead atoms. The van der Waals surface area contributed by atoms with Crippen molar-refractivity contribution >= 4 is 17.5 Å². The first-order valence-electron chi connectivity index (χ1n) is 10.2. The second-order valence-electron chi connectivity index (χ2n) is 8.28. The molecule has 2 aromatic rings. The Morgan fingerprint density at radius 3 is 2.76 bits per heavy atom. The van der Waals surface area contributed by atoms with Crippen molar-refractivity contribution in [2.75, 3.05) is 20.6 Å². The van der Waals surface area contributed by atoms with Crippen molar-refractivity contribution < 1.29 is 9.90 Å². The number of likely N-dealkylation sites (N-methyl/N-ethyl adjacent to an activating group) is 1. The third kappa shape index (κ3) is 6.72. The van der Waals surface area contributed by atoms with Crippen molar-refractivity contribution in [1.82, 2.24) is 15.2 Å². The summed E-state index contributed by atoms with van der Waals surface area (Å²) < 4.78 is 0. The minimum atomic E-state index is 0.0788. The molecule has 1 aromatic carbocycles. The van der Waals surface area contributed by atoms with Gasteiger partial charge in [0.1, 0.15) is 5.75 Å². The van der Waals surface area contributed by atoms with Crippen LogP contribution in [0.15, 0.2) is 42.7 Å². The van der Waals surface area contributed by atoms with Gasteiger partial charge in [-0.25, -0.2) is 0 Å². The van der Waals surface area contributed by atoms with E-state index in [1.807, 2.05) is 32.4 Å². The van der Waals surface area contributed by atoms with E-state index >= 15 is 0 Å². The normalized spacial score (nSPS) is 15.9. The van der Waals surface area contributed by atoms with E-state index in [2.05, 4.69) is 21.3 Å². The number of rotatable bonds is 10. The maximum Gasteiger partial charge on any atom is 0.220 e. The Morgan fingerprint density at radius 1 is 1.34 bits per heavy atom. The molecule has 156 valence electrons. The Hall–Kier alpha value is -2.11. The number of phenolic OH excluding ortho intramolecular Hbond substituents is 1. The lowest BCUT2D eigenvalue weighted by molar-refractivity contribution is -0.121. The summed E-state index contributed by atoms with van der Waals surface area (Å²) in [7, 11) is 4.01. The van der Waals surface area contributed by atoms with Crippen LogP contribution in [-0.4, -0.2) is 47.6 Å². The molecule has 1 fully saturated rings. The SMILES string of the molecule is CN(C)[C@H](CNC(=O)C[C@@H](CC1CC1)c1cccnc1)Cc1ccc(O)c(Cl)c1. The molecule has 1 aromatic heterocycles. The van der Waals surface area contributed by atoms with Gasteiger partial charge in [0.15, 0.2) is 0 Å². The number of carbonyl (C=O) groups is 1. The van der Waals surface area contributed by atoms with Crippen molar-refractivity contribution in [2.45, 2.75) is 44.1 Å². The van der Waals surface area contributed by atoms with E-state index in [0.29, 0.717) is 18.0 Å². The molecular weight excluding hydrogens is 386 g/mol. The van der Waals surface area contributed by atoms with Crippen LogP contribution in [0.3, 0.4) is 0 Å². The number of nitrogens with zero attached hydrogens (tertiary/aromatic N) is 2. The molecule has 1 aliphatic rings. The van der Waals surface area contributed by atoms with Crippen LogP contribution >= 0.6 is 11.6 Å². The van der Waals surface area contributed by atoms with Crippen molar-refractivity contribution in [2.24, 2.45) is 5.92 Å². The predicted octanol–water partition coefficient (Wildman–Crippen LogP) is 4.00. The molecule has 5 nitrogen and oxygen atoms in total. The van der Waals surface area contributed by atoms with Crippen LogP contribution in [0.1, 0.15) is 42.7 Å². The summed E-state index contributed by atoms with van der Waals surface area (Å²) in [6, 6.07) is 9.42. The quantitative estimate of drug-likeness (QED) is 0.615. The van der Waals surface area contributed by atoms with E-state index in [1.165, 1.54) is 12.8 Å². The van der Waals surface area contributed by atoms with Gasteiger partial charge in [0.2, 0.25) is 5.91 Å². The molecule has 29 heavy (non-hydrogen) atoms. The predicted molar refractivity (Wildman–Crippen MR) is 116 cm³/mol. The van der Waals surface area contributed by atoms with Gasteiger partial charge in [0.05, 0.1) is 5.02 Å². The highest BCUT2D eigenvalue weighted by Gasteiger charge is 2.28. The number of phenols is 1. The Bertz CT molecular complexity index is 809. The van der Waals surface area contributed by atoms with Crippen LogP contribution in [0.4, 0.5) is 0 Å². The zero-order chi connectivity index (χ0) is 20.8. The number of nitrogens with one attached hydrogen (secondary N) is 1. The molecule has 6 heteroatoms. The molecule has 1 heterocycles. The zero-order valence-electron chi connectivity index (χ0n) is 17.1. The van der Waals surface area contributed by atoms with Gasteiger partial charge in [0, 0.05) is 31.4 Å². The monoisotopic (exact) mass is 415 g/mol. The number of hydrogen-bond acceptors (Lipinski definition) is 4. The fourth-order valence-electron chi connectivity index (χ4n) is 3.63. The maximum atomic E-state index is 12.7. The zero-order valence-corrected chi connectivity index (χ0v) is 17.9. The first-order chi connectivity index (χ1) is 13.9. The van der Waals surface area contributed by atoms with Crippen LogP contribution in [0.5, 0.6) is 5.75 Å². The van der Waals surface area contributed by atoms with E-state index in [0.717, 1.165) is 29.9 Å². The molecule has 1 saturated carbocycles. The van der Waals surface area contributed by atoms with E-state index in [4.69, 9.17) is 11.6 Å². The smallest absolute Gasteiger partial charge is 0.220 e. The van der Waals surface area contributed by atoms with Crippen LogP contribution in [0, 0.1) is 5.92 Å². The molecule has 1 amide bonds.